The number of alkyl halides is 3. The van der Waals surface area contributed by atoms with Gasteiger partial charge >= 0.3 is 0 Å². The van der Waals surface area contributed by atoms with E-state index in [1.54, 1.807) is 0 Å². The molecule has 0 aromatic heterocycles. The molecule has 10 heteroatoms. The van der Waals surface area contributed by atoms with Gasteiger partial charge in [0.2, 0.25) is 9.70 Å². The number of carbonyl (C=O) groups is 2. The average Bonchev–Trinajstić information content (AvgIpc) is 2.36. The van der Waals surface area contributed by atoms with E-state index in [0.29, 0.717) is 5.69 Å². The summed E-state index contributed by atoms with van der Waals surface area (Å²) in [7, 11) is 0. The molecule has 0 saturated heterocycles. The Morgan fingerprint density at radius 1 is 1.18 bits per heavy atom. The zero-order chi connectivity index (χ0) is 16.9. The molecular weight excluding hydrogens is 373 g/mol. The lowest BCUT2D eigenvalue weighted by Gasteiger charge is -2.27. The number of thiocarbonyl (C=S) groups is 1. The highest BCUT2D eigenvalue weighted by atomic mass is 35.6. The number of hydrogen-bond donors (Lipinski definition) is 3. The number of nitrogens with one attached hydrogen (secondary N) is 3. The Labute approximate surface area is 147 Å². The van der Waals surface area contributed by atoms with Crippen molar-refractivity contribution in [3.63, 3.8) is 0 Å². The summed E-state index contributed by atoms with van der Waals surface area (Å²) in [6.07, 6.45) is -1.04. The van der Waals surface area contributed by atoms with Crippen LogP contribution in [-0.2, 0) is 4.79 Å². The van der Waals surface area contributed by atoms with Gasteiger partial charge in [0, 0.05) is 12.6 Å². The van der Waals surface area contributed by atoms with Crippen molar-refractivity contribution >= 4 is 69.7 Å². The average molecular weight is 384 g/mol. The first-order chi connectivity index (χ1) is 10.1. The Hall–Kier alpha value is -1.28. The highest BCUT2D eigenvalue weighted by molar-refractivity contribution is 7.80. The maximum atomic E-state index is 11.1. The molecule has 1 unspecified atom stereocenters. The van der Waals surface area contributed by atoms with Gasteiger partial charge in [0.25, 0.3) is 0 Å². The monoisotopic (exact) mass is 382 g/mol. The first-order valence-electron chi connectivity index (χ1n) is 5.82. The van der Waals surface area contributed by atoms with Crippen molar-refractivity contribution in [3.8, 4) is 0 Å². The number of halogens is 3. The van der Waals surface area contributed by atoms with E-state index in [1.165, 1.54) is 31.2 Å². The number of carboxylic acid groups (broad SMARTS) is 1. The van der Waals surface area contributed by atoms with Crippen LogP contribution in [0, 0.1) is 0 Å². The molecule has 0 aliphatic heterocycles. The Morgan fingerprint density at radius 3 is 2.14 bits per heavy atom. The zero-order valence-corrected chi connectivity index (χ0v) is 14.2. The third-order valence-electron chi connectivity index (χ3n) is 2.33. The number of anilines is 1. The zero-order valence-electron chi connectivity index (χ0n) is 11.2. The van der Waals surface area contributed by atoms with Gasteiger partial charge in [-0.25, -0.2) is 0 Å². The Kier molecular flexibility index (Phi) is 6.67. The van der Waals surface area contributed by atoms with Gasteiger partial charge in [-0.3, -0.25) is 4.79 Å². The van der Waals surface area contributed by atoms with Crippen LogP contribution >= 0.6 is 47.0 Å². The van der Waals surface area contributed by atoms with E-state index in [9.17, 15) is 14.7 Å². The Morgan fingerprint density at radius 2 is 1.73 bits per heavy atom. The quantitative estimate of drug-likeness (QED) is 0.410. The molecule has 0 bridgehead atoms. The molecule has 0 aliphatic rings. The molecule has 1 rings (SSSR count). The topological polar surface area (TPSA) is 93.3 Å². The van der Waals surface area contributed by atoms with Crippen molar-refractivity contribution in [1.29, 1.82) is 0 Å². The molecule has 6 nitrogen and oxygen atoms in total. The van der Waals surface area contributed by atoms with Gasteiger partial charge in [0.05, 0.1) is 5.97 Å². The lowest BCUT2D eigenvalue weighted by Crippen LogP contribution is -2.55. The van der Waals surface area contributed by atoms with Gasteiger partial charge in [0.1, 0.15) is 6.17 Å². The number of rotatable bonds is 4. The summed E-state index contributed by atoms with van der Waals surface area (Å²) in [6.45, 7) is 1.26. The van der Waals surface area contributed by atoms with Crippen molar-refractivity contribution in [2.24, 2.45) is 0 Å². The summed E-state index contributed by atoms with van der Waals surface area (Å²) in [4.78, 5) is 21.7. The van der Waals surface area contributed by atoms with Crippen LogP contribution in [0.5, 0.6) is 0 Å². The highest BCUT2D eigenvalue weighted by Gasteiger charge is 2.33. The number of hydrogen-bond acceptors (Lipinski definition) is 4. The van der Waals surface area contributed by atoms with E-state index in [0.717, 1.165) is 0 Å². The van der Waals surface area contributed by atoms with Crippen molar-refractivity contribution in [2.45, 2.75) is 16.9 Å². The first-order valence-corrected chi connectivity index (χ1v) is 7.36. The van der Waals surface area contributed by atoms with E-state index in [1.807, 2.05) is 0 Å². The molecule has 0 aliphatic carbocycles. The SMILES string of the molecule is CC(=O)NC(NC(=S)Nc1ccc(C(=O)[O-])cc1)C(Cl)(Cl)Cl. The molecule has 0 spiro atoms. The second-order valence-electron chi connectivity index (χ2n) is 4.14. The maximum absolute atomic E-state index is 11.1. The van der Waals surface area contributed by atoms with Crippen LogP contribution in [0.4, 0.5) is 5.69 Å². The summed E-state index contributed by atoms with van der Waals surface area (Å²) in [5.74, 6) is -1.70. The van der Waals surface area contributed by atoms with Crippen LogP contribution in [0.1, 0.15) is 17.3 Å². The molecule has 0 radical (unpaired) electrons. The molecule has 0 heterocycles. The van der Waals surface area contributed by atoms with Gasteiger partial charge < -0.3 is 25.9 Å². The largest absolute Gasteiger partial charge is 0.545 e. The minimum Gasteiger partial charge on any atom is -0.545 e. The van der Waals surface area contributed by atoms with Gasteiger partial charge in [-0.05, 0) is 29.9 Å². The smallest absolute Gasteiger partial charge is 0.228 e. The van der Waals surface area contributed by atoms with Crippen LogP contribution in [-0.4, -0.2) is 26.9 Å². The molecule has 1 aromatic carbocycles. The highest BCUT2D eigenvalue weighted by Crippen LogP contribution is 2.29. The van der Waals surface area contributed by atoms with Crippen LogP contribution in [0.15, 0.2) is 24.3 Å². The molecule has 0 saturated carbocycles. The number of benzene rings is 1. The second-order valence-corrected chi connectivity index (χ2v) is 6.92. The molecule has 22 heavy (non-hydrogen) atoms. The van der Waals surface area contributed by atoms with E-state index in [2.05, 4.69) is 16.0 Å². The minimum atomic E-state index is -1.82. The van der Waals surface area contributed by atoms with Gasteiger partial charge in [-0.15, -0.1) is 0 Å². The molecule has 120 valence electrons. The Balaban J connectivity index is 2.71. The van der Waals surface area contributed by atoms with Crippen LogP contribution in [0.25, 0.3) is 0 Å². The molecule has 0 fully saturated rings. The molecule has 1 aromatic rings. The summed E-state index contributed by atoms with van der Waals surface area (Å²) in [5.41, 5.74) is 0.537. The van der Waals surface area contributed by atoms with E-state index in [4.69, 9.17) is 47.0 Å². The fourth-order valence-corrected chi connectivity index (χ4v) is 1.95. The molecule has 3 N–H and O–H groups in total. The number of carbonyl (C=O) groups excluding carboxylic acids is 2. The van der Waals surface area contributed by atoms with E-state index >= 15 is 0 Å². The van der Waals surface area contributed by atoms with Gasteiger partial charge in [0.15, 0.2) is 5.11 Å². The predicted molar refractivity (Wildman–Crippen MR) is 88.0 cm³/mol. The van der Waals surface area contributed by atoms with E-state index in [-0.39, 0.29) is 10.7 Å². The predicted octanol–water partition coefficient (Wildman–Crippen LogP) is 1.17. The Bertz CT molecular complexity index is 575. The maximum Gasteiger partial charge on any atom is 0.228 e. The fourth-order valence-electron chi connectivity index (χ4n) is 1.39. The third-order valence-corrected chi connectivity index (χ3v) is 3.20. The van der Waals surface area contributed by atoms with Crippen LogP contribution < -0.4 is 21.1 Å². The third kappa shape index (κ3) is 6.23. The van der Waals surface area contributed by atoms with Crippen LogP contribution in [0.3, 0.4) is 0 Å². The van der Waals surface area contributed by atoms with Gasteiger partial charge in [-0.2, -0.15) is 0 Å². The molecule has 1 atom stereocenters. The summed E-state index contributed by atoms with van der Waals surface area (Å²) >= 11 is 22.3. The van der Waals surface area contributed by atoms with Crippen molar-refractivity contribution < 1.29 is 14.7 Å². The number of carboxylic acids is 1. The fraction of sp³-hybridized carbons (Fsp3) is 0.250. The van der Waals surface area contributed by atoms with Crippen molar-refractivity contribution in [3.05, 3.63) is 29.8 Å². The normalized spacial score (nSPS) is 12.2. The van der Waals surface area contributed by atoms with E-state index < -0.39 is 21.8 Å². The standard InChI is InChI=1S/C12H12Cl3N3O3S/c1-6(19)16-10(12(13,14)15)18-11(22)17-8-4-2-7(3-5-8)9(20)21/h2-5,10H,1H3,(H,16,19)(H,20,21)(H2,17,18,22)/p-1. The second kappa shape index (κ2) is 7.82. The molecule has 1 amide bonds. The summed E-state index contributed by atoms with van der Waals surface area (Å²) < 4.78 is -1.82. The lowest BCUT2D eigenvalue weighted by molar-refractivity contribution is -0.255. The summed E-state index contributed by atoms with van der Waals surface area (Å²) in [5, 5.41) is 18.5. The first kappa shape index (κ1) is 18.8. The van der Waals surface area contributed by atoms with Crippen LogP contribution in [0.2, 0.25) is 0 Å². The minimum absolute atomic E-state index is 0.0295. The van der Waals surface area contributed by atoms with Gasteiger partial charge in [-0.1, -0.05) is 46.9 Å². The number of amides is 1. The van der Waals surface area contributed by atoms with Crippen molar-refractivity contribution in [1.82, 2.24) is 10.6 Å². The number of aromatic carboxylic acids is 1. The van der Waals surface area contributed by atoms with Crippen molar-refractivity contribution in [2.75, 3.05) is 5.32 Å². The summed E-state index contributed by atoms with van der Waals surface area (Å²) in [6, 6.07) is 5.67. The lowest BCUT2D eigenvalue weighted by atomic mass is 10.2. The molecular formula is C12H11Cl3N3O3S-.